The number of nitrogens with zero attached hydrogens (tertiary/aromatic N) is 3. The van der Waals surface area contributed by atoms with Gasteiger partial charge in [0, 0.05) is 38.2 Å². The molecular weight excluding hydrogens is 398 g/mol. The van der Waals surface area contributed by atoms with Crippen molar-refractivity contribution in [3.8, 4) is 5.75 Å². The van der Waals surface area contributed by atoms with Crippen molar-refractivity contribution >= 4 is 28.9 Å². The third kappa shape index (κ3) is 4.21. The maximum Gasteiger partial charge on any atom is 0.255 e. The fraction of sp³-hybridized carbons (Fsp3) is 0.565. The molecule has 8 nitrogen and oxygen atoms in total. The van der Waals surface area contributed by atoms with Gasteiger partial charge in [-0.2, -0.15) is 0 Å². The standard InChI is InChI=1S/C23H29N3O5/c1-14(27)4-5-20(16(3)29)26-11-17-8-21-22(9-19(17)23(26)30)31-13-18-12-24(10-15(2)28)6-7-25(18)21/h8-9,18,20H,4-7,10-13H2,1-3H3/t18-,20?/m0/s1. The van der Waals surface area contributed by atoms with E-state index in [1.165, 1.54) is 13.8 Å². The highest BCUT2D eigenvalue weighted by molar-refractivity contribution is 6.02. The zero-order valence-corrected chi connectivity index (χ0v) is 18.3. The SMILES string of the molecule is CC(=O)CCC(C(C)=O)N1Cc2cc3c(cc2C1=O)OC[C@@H]1CN(CC(C)=O)CCN31. The zero-order valence-electron chi connectivity index (χ0n) is 18.3. The van der Waals surface area contributed by atoms with Gasteiger partial charge in [0.05, 0.1) is 24.3 Å². The molecule has 1 unspecified atom stereocenters. The molecular formula is C23H29N3O5. The summed E-state index contributed by atoms with van der Waals surface area (Å²) in [4.78, 5) is 54.3. The molecule has 0 bridgehead atoms. The van der Waals surface area contributed by atoms with E-state index in [4.69, 9.17) is 4.74 Å². The molecule has 0 N–H and O–H groups in total. The Morgan fingerprint density at radius 3 is 2.58 bits per heavy atom. The smallest absolute Gasteiger partial charge is 0.255 e. The van der Waals surface area contributed by atoms with E-state index in [0.717, 1.165) is 30.9 Å². The summed E-state index contributed by atoms with van der Waals surface area (Å²) in [5.74, 6) is 0.568. The summed E-state index contributed by atoms with van der Waals surface area (Å²) >= 11 is 0. The van der Waals surface area contributed by atoms with E-state index in [0.29, 0.717) is 37.4 Å². The third-order valence-electron chi connectivity index (χ3n) is 6.39. The summed E-state index contributed by atoms with van der Waals surface area (Å²) in [5.41, 5.74) is 2.42. The molecule has 166 valence electrons. The van der Waals surface area contributed by atoms with Crippen LogP contribution in [0.4, 0.5) is 5.69 Å². The van der Waals surface area contributed by atoms with Crippen molar-refractivity contribution in [2.75, 3.05) is 37.7 Å². The van der Waals surface area contributed by atoms with Gasteiger partial charge in [0.25, 0.3) is 5.91 Å². The molecule has 1 aromatic carbocycles. The third-order valence-corrected chi connectivity index (χ3v) is 6.39. The Kier molecular flexibility index (Phi) is 5.83. The van der Waals surface area contributed by atoms with Crippen LogP contribution in [0, 0.1) is 0 Å². The largest absolute Gasteiger partial charge is 0.489 e. The van der Waals surface area contributed by atoms with Crippen LogP contribution >= 0.6 is 0 Å². The predicted molar refractivity (Wildman–Crippen MR) is 114 cm³/mol. The molecule has 1 saturated heterocycles. The summed E-state index contributed by atoms with van der Waals surface area (Å²) in [5, 5.41) is 0. The summed E-state index contributed by atoms with van der Waals surface area (Å²) in [7, 11) is 0. The Bertz CT molecular complexity index is 943. The van der Waals surface area contributed by atoms with Crippen LogP contribution in [-0.4, -0.2) is 77.9 Å². The van der Waals surface area contributed by atoms with Gasteiger partial charge < -0.3 is 19.3 Å². The number of Topliss-reactive ketones (excluding diaryl/α,β-unsaturated/α-hetero) is 3. The number of carbonyl (C=O) groups excluding carboxylic acids is 4. The highest BCUT2D eigenvalue weighted by Crippen LogP contribution is 2.40. The summed E-state index contributed by atoms with van der Waals surface area (Å²) in [6.07, 6.45) is 0.622. The Labute approximate surface area is 182 Å². The molecule has 8 heteroatoms. The van der Waals surface area contributed by atoms with Gasteiger partial charge in [0.1, 0.15) is 23.9 Å². The average Bonchev–Trinajstić information content (AvgIpc) is 3.01. The highest BCUT2D eigenvalue weighted by Gasteiger charge is 2.39. The molecule has 1 aromatic rings. The lowest BCUT2D eigenvalue weighted by molar-refractivity contribution is -0.122. The number of hydrogen-bond donors (Lipinski definition) is 0. The molecule has 0 radical (unpaired) electrons. The molecule has 0 spiro atoms. The van der Waals surface area contributed by atoms with Crippen LogP contribution < -0.4 is 9.64 Å². The van der Waals surface area contributed by atoms with Crippen LogP contribution in [0.25, 0.3) is 0 Å². The maximum atomic E-state index is 13.1. The topological polar surface area (TPSA) is 87.2 Å². The second-order valence-electron chi connectivity index (χ2n) is 8.87. The summed E-state index contributed by atoms with van der Waals surface area (Å²) in [6, 6.07) is 3.38. The van der Waals surface area contributed by atoms with Gasteiger partial charge in [-0.3, -0.25) is 19.3 Å². The van der Waals surface area contributed by atoms with Crippen molar-refractivity contribution in [3.05, 3.63) is 23.3 Å². The second kappa shape index (κ2) is 8.42. The molecule has 4 rings (SSSR count). The van der Waals surface area contributed by atoms with E-state index in [-0.39, 0.29) is 35.7 Å². The van der Waals surface area contributed by atoms with Gasteiger partial charge >= 0.3 is 0 Å². The first-order chi connectivity index (χ1) is 14.7. The fourth-order valence-electron chi connectivity index (χ4n) is 4.89. The maximum absolute atomic E-state index is 13.1. The number of ketones is 3. The van der Waals surface area contributed by atoms with E-state index < -0.39 is 6.04 Å². The van der Waals surface area contributed by atoms with Gasteiger partial charge in [-0.15, -0.1) is 0 Å². The Balaban J connectivity index is 1.55. The summed E-state index contributed by atoms with van der Waals surface area (Å²) in [6.45, 7) is 8.25. The lowest BCUT2D eigenvalue weighted by Crippen LogP contribution is -2.57. The van der Waals surface area contributed by atoms with Crippen molar-refractivity contribution in [1.82, 2.24) is 9.80 Å². The van der Waals surface area contributed by atoms with Crippen LogP contribution in [0.15, 0.2) is 12.1 Å². The van der Waals surface area contributed by atoms with Gasteiger partial charge in [-0.1, -0.05) is 0 Å². The van der Waals surface area contributed by atoms with Crippen molar-refractivity contribution in [1.29, 1.82) is 0 Å². The Morgan fingerprint density at radius 1 is 1.13 bits per heavy atom. The monoisotopic (exact) mass is 427 g/mol. The van der Waals surface area contributed by atoms with Gasteiger partial charge in [-0.25, -0.2) is 0 Å². The Morgan fingerprint density at radius 2 is 1.90 bits per heavy atom. The number of fused-ring (bicyclic) bond motifs is 4. The molecule has 1 amide bonds. The highest BCUT2D eigenvalue weighted by atomic mass is 16.5. The number of rotatable bonds is 7. The number of benzene rings is 1. The van der Waals surface area contributed by atoms with Crippen LogP contribution in [0.5, 0.6) is 5.75 Å². The number of amides is 1. The minimum Gasteiger partial charge on any atom is -0.489 e. The molecule has 31 heavy (non-hydrogen) atoms. The first-order valence-corrected chi connectivity index (χ1v) is 10.8. The fourth-order valence-corrected chi connectivity index (χ4v) is 4.89. The lowest BCUT2D eigenvalue weighted by atomic mass is 10.0. The zero-order chi connectivity index (χ0) is 22.3. The van der Waals surface area contributed by atoms with Crippen LogP contribution in [0.2, 0.25) is 0 Å². The van der Waals surface area contributed by atoms with Gasteiger partial charge in [0.2, 0.25) is 0 Å². The first kappa shape index (κ1) is 21.5. The molecule has 2 atom stereocenters. The molecule has 3 aliphatic rings. The number of anilines is 1. The molecule has 3 aliphatic heterocycles. The van der Waals surface area contributed by atoms with Gasteiger partial charge in [0.15, 0.2) is 5.78 Å². The second-order valence-corrected chi connectivity index (χ2v) is 8.87. The quantitative estimate of drug-likeness (QED) is 0.651. The van der Waals surface area contributed by atoms with E-state index in [2.05, 4.69) is 9.80 Å². The van der Waals surface area contributed by atoms with Crippen molar-refractivity contribution < 1.29 is 23.9 Å². The van der Waals surface area contributed by atoms with Crippen molar-refractivity contribution in [2.45, 2.75) is 52.2 Å². The average molecular weight is 428 g/mol. The molecule has 0 aromatic heterocycles. The number of ether oxygens (including phenoxy) is 1. The number of carbonyl (C=O) groups is 4. The number of piperazine rings is 1. The molecule has 3 heterocycles. The van der Waals surface area contributed by atoms with Gasteiger partial charge in [-0.05, 0) is 44.9 Å². The van der Waals surface area contributed by atoms with Crippen molar-refractivity contribution in [2.24, 2.45) is 0 Å². The molecule has 0 saturated carbocycles. The molecule has 1 fully saturated rings. The minimum absolute atomic E-state index is 0.00855. The summed E-state index contributed by atoms with van der Waals surface area (Å²) < 4.78 is 6.01. The van der Waals surface area contributed by atoms with Crippen LogP contribution in [0.3, 0.4) is 0 Å². The lowest BCUT2D eigenvalue weighted by Gasteiger charge is -2.45. The van der Waals surface area contributed by atoms with Crippen LogP contribution in [-0.2, 0) is 20.9 Å². The minimum atomic E-state index is -0.593. The van der Waals surface area contributed by atoms with E-state index in [1.54, 1.807) is 17.9 Å². The van der Waals surface area contributed by atoms with E-state index in [1.807, 2.05) is 6.07 Å². The first-order valence-electron chi connectivity index (χ1n) is 10.8. The van der Waals surface area contributed by atoms with Crippen molar-refractivity contribution in [3.63, 3.8) is 0 Å². The Hall–Kier alpha value is -2.74. The van der Waals surface area contributed by atoms with E-state index >= 15 is 0 Å². The van der Waals surface area contributed by atoms with E-state index in [9.17, 15) is 19.2 Å². The van der Waals surface area contributed by atoms with Crippen LogP contribution in [0.1, 0.15) is 49.5 Å². The number of hydrogen-bond acceptors (Lipinski definition) is 7. The normalized spacial score (nSPS) is 21.1. The predicted octanol–water partition coefficient (Wildman–Crippen LogP) is 1.44. The molecule has 0 aliphatic carbocycles.